The highest BCUT2D eigenvalue weighted by molar-refractivity contribution is 14.0. The molecule has 0 spiro atoms. The fraction of sp³-hybridized carbons (Fsp3) is 0.765. The molecule has 0 fully saturated rings. The van der Waals surface area contributed by atoms with Gasteiger partial charge >= 0.3 is 0 Å². The molecule has 0 bridgehead atoms. The Morgan fingerprint density at radius 3 is 2.54 bits per heavy atom. The minimum Gasteiger partial charge on any atom is -0.357 e. The van der Waals surface area contributed by atoms with Crippen molar-refractivity contribution in [1.29, 1.82) is 0 Å². The second-order valence-electron chi connectivity index (χ2n) is 6.75. The van der Waals surface area contributed by atoms with Crippen LogP contribution < -0.4 is 10.6 Å². The van der Waals surface area contributed by atoms with E-state index in [1.165, 1.54) is 5.69 Å². The van der Waals surface area contributed by atoms with Crippen LogP contribution in [0, 0.1) is 19.8 Å². The van der Waals surface area contributed by atoms with Crippen LogP contribution in [0.25, 0.3) is 0 Å². The molecule has 5 nitrogen and oxygen atoms in total. The number of thioether (sulfide) groups is 1. The number of hydrogen-bond donors (Lipinski definition) is 2. The van der Waals surface area contributed by atoms with Crippen molar-refractivity contribution < 1.29 is 0 Å². The number of rotatable bonds is 8. The first-order chi connectivity index (χ1) is 10.8. The van der Waals surface area contributed by atoms with E-state index in [1.807, 2.05) is 18.7 Å². The summed E-state index contributed by atoms with van der Waals surface area (Å²) in [5, 5.41) is 11.3. The van der Waals surface area contributed by atoms with Gasteiger partial charge < -0.3 is 10.6 Å². The molecule has 24 heavy (non-hydrogen) atoms. The Labute approximate surface area is 168 Å². The van der Waals surface area contributed by atoms with E-state index in [4.69, 9.17) is 4.99 Å². The van der Waals surface area contributed by atoms with Crippen molar-refractivity contribution >= 4 is 41.7 Å². The Hall–Kier alpha value is -0.440. The normalized spacial score (nSPS) is 13.4. The number of hydrogen-bond acceptors (Lipinski definition) is 3. The molecule has 0 aliphatic carbocycles. The summed E-state index contributed by atoms with van der Waals surface area (Å²) in [4.78, 5) is 4.71. The van der Waals surface area contributed by atoms with E-state index in [1.54, 1.807) is 0 Å². The molecule has 7 heteroatoms. The summed E-state index contributed by atoms with van der Waals surface area (Å²) in [6.07, 6.45) is 2.13. The Kier molecular flexibility index (Phi) is 11.0. The number of halogens is 1. The molecule has 1 aromatic rings. The van der Waals surface area contributed by atoms with Gasteiger partial charge in [0.05, 0.1) is 12.2 Å². The lowest BCUT2D eigenvalue weighted by Gasteiger charge is -2.21. The van der Waals surface area contributed by atoms with Gasteiger partial charge in [-0.25, -0.2) is 0 Å². The van der Waals surface area contributed by atoms with E-state index in [2.05, 4.69) is 67.4 Å². The number of nitrogens with zero attached hydrogens (tertiary/aromatic N) is 3. The van der Waals surface area contributed by atoms with Crippen LogP contribution in [0.1, 0.15) is 39.1 Å². The number of aliphatic imine (C=N–C) groups is 1. The predicted octanol–water partition coefficient (Wildman–Crippen LogP) is 3.45. The molecule has 0 saturated heterocycles. The molecule has 0 aliphatic rings. The minimum absolute atomic E-state index is 0. The van der Waals surface area contributed by atoms with E-state index in [9.17, 15) is 0 Å². The van der Waals surface area contributed by atoms with Gasteiger partial charge in [-0.05, 0) is 52.9 Å². The van der Waals surface area contributed by atoms with Crippen molar-refractivity contribution in [3.05, 3.63) is 17.5 Å². The van der Waals surface area contributed by atoms with Crippen LogP contribution in [-0.4, -0.2) is 46.4 Å². The van der Waals surface area contributed by atoms with Crippen LogP contribution in [0.3, 0.4) is 0 Å². The van der Waals surface area contributed by atoms with Crippen molar-refractivity contribution in [2.45, 2.75) is 52.8 Å². The fourth-order valence-corrected chi connectivity index (χ4v) is 2.36. The summed E-state index contributed by atoms with van der Waals surface area (Å²) in [6.45, 7) is 16.4. The lowest BCUT2D eigenvalue weighted by atomic mass is 10.2. The molecule has 1 heterocycles. The van der Waals surface area contributed by atoms with Gasteiger partial charge in [-0.3, -0.25) is 9.67 Å². The second-order valence-corrected chi connectivity index (χ2v) is 8.27. The van der Waals surface area contributed by atoms with Crippen LogP contribution >= 0.6 is 35.7 Å². The van der Waals surface area contributed by atoms with Crippen LogP contribution in [0.2, 0.25) is 0 Å². The third-order valence-corrected chi connectivity index (χ3v) is 4.95. The number of aryl methyl sites for hydroxylation is 2. The Morgan fingerprint density at radius 2 is 2.04 bits per heavy atom. The Bertz CT molecular complexity index is 513. The Balaban J connectivity index is 0.00000529. The Morgan fingerprint density at radius 1 is 1.38 bits per heavy atom. The van der Waals surface area contributed by atoms with Gasteiger partial charge in [0.1, 0.15) is 0 Å². The molecular weight excluding hydrogens is 433 g/mol. The van der Waals surface area contributed by atoms with E-state index < -0.39 is 0 Å². The highest BCUT2D eigenvalue weighted by atomic mass is 127. The first-order valence-electron chi connectivity index (χ1n) is 8.35. The fourth-order valence-electron chi connectivity index (χ4n) is 2.17. The van der Waals surface area contributed by atoms with Crippen LogP contribution in [0.5, 0.6) is 0 Å². The SMILES string of the molecule is CCNC(=NCC(C)(C)SC)NCC(C)Cn1nc(C)cc1C.I. The lowest BCUT2D eigenvalue weighted by molar-refractivity contribution is 0.436. The quantitative estimate of drug-likeness (QED) is 0.350. The zero-order valence-electron chi connectivity index (χ0n) is 16.1. The third kappa shape index (κ3) is 8.60. The molecule has 1 rings (SSSR count). The predicted molar refractivity (Wildman–Crippen MR) is 118 cm³/mol. The maximum Gasteiger partial charge on any atom is 0.191 e. The van der Waals surface area contributed by atoms with Gasteiger partial charge in [-0.2, -0.15) is 16.9 Å². The maximum atomic E-state index is 4.71. The van der Waals surface area contributed by atoms with Crippen molar-refractivity contribution in [3.8, 4) is 0 Å². The standard InChI is InChI=1S/C17H33N5S.HI/c1-8-18-16(20-12-17(5,6)23-7)19-10-13(2)11-22-15(4)9-14(3)21-22;/h9,13H,8,10-12H2,1-7H3,(H2,18,19,20);1H. The minimum atomic E-state index is 0. The zero-order chi connectivity index (χ0) is 17.5. The number of guanidine groups is 1. The van der Waals surface area contributed by atoms with Gasteiger partial charge in [-0.15, -0.1) is 24.0 Å². The molecular formula is C17H34IN5S. The molecule has 2 N–H and O–H groups in total. The van der Waals surface area contributed by atoms with Crippen LogP contribution in [0.15, 0.2) is 11.1 Å². The molecule has 0 amide bonds. The summed E-state index contributed by atoms with van der Waals surface area (Å²) in [5.41, 5.74) is 2.30. The number of nitrogens with one attached hydrogen (secondary N) is 2. The van der Waals surface area contributed by atoms with Crippen molar-refractivity contribution in [2.24, 2.45) is 10.9 Å². The average Bonchev–Trinajstić information content (AvgIpc) is 2.80. The highest BCUT2D eigenvalue weighted by Crippen LogP contribution is 2.20. The van der Waals surface area contributed by atoms with E-state index in [0.717, 1.165) is 37.8 Å². The largest absolute Gasteiger partial charge is 0.357 e. The topological polar surface area (TPSA) is 54.2 Å². The molecule has 1 atom stereocenters. The number of aromatic nitrogens is 2. The van der Waals surface area contributed by atoms with Crippen molar-refractivity contribution in [1.82, 2.24) is 20.4 Å². The van der Waals surface area contributed by atoms with Crippen molar-refractivity contribution in [3.63, 3.8) is 0 Å². The van der Waals surface area contributed by atoms with E-state index >= 15 is 0 Å². The summed E-state index contributed by atoms with van der Waals surface area (Å²) < 4.78 is 2.25. The smallest absolute Gasteiger partial charge is 0.191 e. The second kappa shape index (κ2) is 11.2. The maximum absolute atomic E-state index is 4.71. The van der Waals surface area contributed by atoms with E-state index in [0.29, 0.717) is 5.92 Å². The molecule has 1 unspecified atom stereocenters. The van der Waals surface area contributed by atoms with Gasteiger partial charge in [0.2, 0.25) is 0 Å². The molecule has 140 valence electrons. The highest BCUT2D eigenvalue weighted by Gasteiger charge is 2.15. The van der Waals surface area contributed by atoms with Gasteiger partial charge in [0.25, 0.3) is 0 Å². The lowest BCUT2D eigenvalue weighted by Crippen LogP contribution is -2.41. The first-order valence-corrected chi connectivity index (χ1v) is 9.58. The third-order valence-electron chi connectivity index (χ3n) is 3.72. The van der Waals surface area contributed by atoms with Gasteiger partial charge in [-0.1, -0.05) is 6.92 Å². The molecule has 0 radical (unpaired) electrons. The molecule has 0 aromatic carbocycles. The average molecular weight is 467 g/mol. The summed E-state index contributed by atoms with van der Waals surface area (Å²) in [6, 6.07) is 2.12. The zero-order valence-corrected chi connectivity index (χ0v) is 19.3. The van der Waals surface area contributed by atoms with E-state index in [-0.39, 0.29) is 28.7 Å². The monoisotopic (exact) mass is 467 g/mol. The van der Waals surface area contributed by atoms with Crippen LogP contribution in [-0.2, 0) is 6.54 Å². The van der Waals surface area contributed by atoms with Crippen LogP contribution in [0.4, 0.5) is 0 Å². The summed E-state index contributed by atoms with van der Waals surface area (Å²) in [7, 11) is 0. The summed E-state index contributed by atoms with van der Waals surface area (Å²) in [5.74, 6) is 1.38. The van der Waals surface area contributed by atoms with Gasteiger partial charge in [0, 0.05) is 30.1 Å². The molecule has 0 saturated carbocycles. The van der Waals surface area contributed by atoms with Crippen molar-refractivity contribution in [2.75, 3.05) is 25.9 Å². The van der Waals surface area contributed by atoms with Gasteiger partial charge in [0.15, 0.2) is 5.96 Å². The summed E-state index contributed by atoms with van der Waals surface area (Å²) >= 11 is 1.84. The molecule has 0 aliphatic heterocycles. The first kappa shape index (κ1) is 23.6. The molecule has 1 aromatic heterocycles.